The van der Waals surface area contributed by atoms with E-state index in [0.717, 1.165) is 37.5 Å². The molecule has 7 N–H and O–H groups in total. The Hall–Kier alpha value is -5.01. The Morgan fingerprint density at radius 1 is 1.18 bits per heavy atom. The fourth-order valence-electron chi connectivity index (χ4n) is 6.04. The number of hydrogen-bond acceptors (Lipinski definition) is 14. The standard InChI is InChI=1S/C32H37N7O10S2/c1-32(2,30(47)48)49-36-23(25-35-31(33)51-37-25)22(42)15-19-27(44)38-24(29(45)46)18(16-50-28(19)38)6-5-12-39(10-3-4-11-39)13-9-34-26(43)17-7-8-20(40)21(41)14-17/h5-8,14,19,28H,3-4,9-13,15-16H2,1-2H3,(H6-,33,34,35,36,37,40,41,42,43,45,46,47,48)/p+1/b6-5+/t19-,28-/m1/s1. The summed E-state index contributed by atoms with van der Waals surface area (Å²) in [4.78, 5) is 73.6. The first-order valence-corrected chi connectivity index (χ1v) is 17.8. The van der Waals surface area contributed by atoms with Crippen molar-refractivity contribution in [3.63, 3.8) is 0 Å². The zero-order valence-electron chi connectivity index (χ0n) is 27.8. The number of nitrogens with two attached hydrogens (primary N) is 1. The number of phenols is 2. The van der Waals surface area contributed by atoms with Gasteiger partial charge in [-0.05, 0) is 43.7 Å². The first kappa shape index (κ1) is 37.3. The fraction of sp³-hybridized carbons (Fsp3) is 0.438. The summed E-state index contributed by atoms with van der Waals surface area (Å²) >= 11 is 2.12. The second-order valence-corrected chi connectivity index (χ2v) is 14.8. The average Bonchev–Trinajstić information content (AvgIpc) is 3.73. The number of hydrogen-bond donors (Lipinski definition) is 6. The highest BCUT2D eigenvalue weighted by atomic mass is 32.2. The molecule has 3 aliphatic rings. The number of β-lactam (4-membered cyclic amide) rings is 1. The third kappa shape index (κ3) is 8.15. The van der Waals surface area contributed by atoms with Gasteiger partial charge in [0.15, 0.2) is 28.1 Å². The number of oxime groups is 1. The van der Waals surface area contributed by atoms with Gasteiger partial charge in [-0.25, -0.2) is 9.59 Å². The van der Waals surface area contributed by atoms with Crippen LogP contribution in [0.15, 0.2) is 46.8 Å². The van der Waals surface area contributed by atoms with Gasteiger partial charge in [-0.15, -0.1) is 11.8 Å². The molecule has 51 heavy (non-hydrogen) atoms. The number of amides is 2. The molecule has 0 aliphatic carbocycles. The van der Waals surface area contributed by atoms with Gasteiger partial charge in [0.2, 0.25) is 17.3 Å². The third-order valence-electron chi connectivity index (χ3n) is 8.95. The van der Waals surface area contributed by atoms with Crippen molar-refractivity contribution in [1.82, 2.24) is 19.6 Å². The number of aromatic hydroxyl groups is 2. The summed E-state index contributed by atoms with van der Waals surface area (Å²) in [5.74, 6) is -5.74. The molecule has 4 heterocycles. The lowest BCUT2D eigenvalue weighted by Gasteiger charge is -2.49. The van der Waals surface area contributed by atoms with Gasteiger partial charge in [0.05, 0.1) is 44.0 Å². The van der Waals surface area contributed by atoms with E-state index >= 15 is 0 Å². The van der Waals surface area contributed by atoms with Crippen molar-refractivity contribution in [2.24, 2.45) is 11.1 Å². The molecule has 1 aromatic carbocycles. The lowest BCUT2D eigenvalue weighted by molar-refractivity contribution is -0.910. The molecule has 2 fully saturated rings. The summed E-state index contributed by atoms with van der Waals surface area (Å²) in [6.45, 7) is 5.77. The van der Waals surface area contributed by atoms with E-state index in [4.69, 9.17) is 10.6 Å². The Kier molecular flexibility index (Phi) is 11.0. The Balaban J connectivity index is 1.24. The minimum atomic E-state index is -1.78. The van der Waals surface area contributed by atoms with Crippen LogP contribution in [0.5, 0.6) is 11.5 Å². The third-order valence-corrected chi connectivity index (χ3v) is 10.9. The second-order valence-electron chi connectivity index (χ2n) is 12.9. The zero-order valence-corrected chi connectivity index (χ0v) is 29.4. The number of fused-ring (bicyclic) bond motifs is 1. The highest BCUT2D eigenvalue weighted by Gasteiger charge is 2.54. The number of anilines is 1. The topological polar surface area (TPSA) is 255 Å². The van der Waals surface area contributed by atoms with Crippen LogP contribution in [0.25, 0.3) is 0 Å². The molecule has 0 radical (unpaired) electrons. The van der Waals surface area contributed by atoms with Gasteiger partial charge in [0.1, 0.15) is 5.70 Å². The number of rotatable bonds is 15. The molecular weight excluding hydrogens is 707 g/mol. The first-order chi connectivity index (χ1) is 24.1. The molecule has 19 heteroatoms. The maximum atomic E-state index is 13.4. The second kappa shape index (κ2) is 15.1. The van der Waals surface area contributed by atoms with Crippen molar-refractivity contribution < 1.29 is 53.7 Å². The van der Waals surface area contributed by atoms with Crippen molar-refractivity contribution >= 4 is 63.7 Å². The molecular formula is C32H38N7O10S2+. The molecule has 0 spiro atoms. The van der Waals surface area contributed by atoms with Gasteiger partial charge in [-0.1, -0.05) is 11.2 Å². The summed E-state index contributed by atoms with van der Waals surface area (Å²) in [6.07, 6.45) is 5.24. The smallest absolute Gasteiger partial charge is 0.352 e. The SMILES string of the molecule is CC(C)(O/N=C(\C(=O)C[C@@H]1C(=O)N2C(C(=O)O)=C(/C=C/C[N+]3(CCNC(=O)c4ccc(O)c(O)c4)CCCC3)CS[C@H]12)c1nsc(N)n1)C(=O)O. The molecule has 2 aromatic rings. The molecule has 2 saturated heterocycles. The number of quaternary nitrogens is 1. The molecule has 3 aliphatic heterocycles. The molecule has 272 valence electrons. The van der Waals surface area contributed by atoms with E-state index in [1.165, 1.54) is 48.7 Å². The highest BCUT2D eigenvalue weighted by Crippen LogP contribution is 2.45. The van der Waals surface area contributed by atoms with Crippen molar-refractivity contribution in [1.29, 1.82) is 0 Å². The maximum absolute atomic E-state index is 13.4. The fourth-order valence-corrected chi connectivity index (χ4v) is 7.87. The zero-order chi connectivity index (χ0) is 37.1. The largest absolute Gasteiger partial charge is 0.504 e. The number of carbonyl (C=O) groups is 5. The number of phenolic OH excluding ortho intramolecular Hbond substituents is 2. The Bertz CT molecular complexity index is 1830. The van der Waals surface area contributed by atoms with Gasteiger partial charge < -0.3 is 40.8 Å². The number of likely N-dealkylation sites (tertiary alicyclic amines) is 1. The van der Waals surface area contributed by atoms with E-state index in [2.05, 4.69) is 19.8 Å². The van der Waals surface area contributed by atoms with E-state index in [1.54, 1.807) is 6.08 Å². The number of thioether (sulfide) groups is 1. The number of nitrogens with zero attached hydrogens (tertiary/aromatic N) is 5. The Morgan fingerprint density at radius 3 is 2.53 bits per heavy atom. The lowest BCUT2D eigenvalue weighted by Crippen LogP contribution is -2.62. The van der Waals surface area contributed by atoms with Crippen LogP contribution in [0.4, 0.5) is 5.13 Å². The molecule has 0 bridgehead atoms. The molecule has 1 aromatic heterocycles. The molecule has 0 unspecified atom stereocenters. The van der Waals surface area contributed by atoms with Gasteiger partial charge in [-0.3, -0.25) is 19.3 Å². The minimum Gasteiger partial charge on any atom is -0.504 e. The van der Waals surface area contributed by atoms with Crippen LogP contribution in [0.2, 0.25) is 0 Å². The summed E-state index contributed by atoms with van der Waals surface area (Å²) < 4.78 is 4.65. The highest BCUT2D eigenvalue weighted by molar-refractivity contribution is 8.00. The number of nitrogen functional groups attached to an aromatic ring is 1. The van der Waals surface area contributed by atoms with Gasteiger partial charge >= 0.3 is 11.9 Å². The number of ketones is 1. The number of aliphatic carboxylic acids is 2. The summed E-state index contributed by atoms with van der Waals surface area (Å²) in [7, 11) is 0. The monoisotopic (exact) mass is 744 g/mol. The number of benzene rings is 1. The van der Waals surface area contributed by atoms with E-state index in [-0.39, 0.29) is 51.8 Å². The maximum Gasteiger partial charge on any atom is 0.352 e. The van der Waals surface area contributed by atoms with Crippen molar-refractivity contribution in [2.75, 3.05) is 44.2 Å². The van der Waals surface area contributed by atoms with E-state index in [9.17, 15) is 44.4 Å². The van der Waals surface area contributed by atoms with Crippen molar-refractivity contribution in [3.8, 4) is 11.5 Å². The van der Waals surface area contributed by atoms with Gasteiger partial charge in [-0.2, -0.15) is 9.36 Å². The number of nitrogens with one attached hydrogen (secondary N) is 1. The van der Waals surface area contributed by atoms with E-state index in [0.29, 0.717) is 29.7 Å². The lowest BCUT2D eigenvalue weighted by atomic mass is 9.89. The summed E-state index contributed by atoms with van der Waals surface area (Å²) in [5.41, 5.74) is 4.00. The molecule has 17 nitrogen and oxygen atoms in total. The van der Waals surface area contributed by atoms with E-state index < -0.39 is 46.2 Å². The number of carboxylic acid groups (broad SMARTS) is 2. The van der Waals surface area contributed by atoms with Gasteiger partial charge in [0.25, 0.3) is 5.91 Å². The van der Waals surface area contributed by atoms with Crippen LogP contribution in [0, 0.1) is 5.92 Å². The number of aromatic nitrogens is 2. The van der Waals surface area contributed by atoms with Crippen LogP contribution >= 0.6 is 23.3 Å². The van der Waals surface area contributed by atoms with Crippen molar-refractivity contribution in [3.05, 3.63) is 53.0 Å². The van der Waals surface area contributed by atoms with Crippen LogP contribution in [0.1, 0.15) is 49.3 Å². The molecule has 5 rings (SSSR count). The van der Waals surface area contributed by atoms with Crippen molar-refractivity contribution in [2.45, 2.75) is 44.1 Å². The Morgan fingerprint density at radius 2 is 1.90 bits per heavy atom. The van der Waals surface area contributed by atoms with Crippen LogP contribution in [-0.4, -0.2) is 124 Å². The predicted molar refractivity (Wildman–Crippen MR) is 185 cm³/mol. The summed E-state index contributed by atoms with van der Waals surface area (Å²) in [5, 5.41) is 44.7. The molecule has 2 amide bonds. The first-order valence-electron chi connectivity index (χ1n) is 16.0. The van der Waals surface area contributed by atoms with Crippen LogP contribution in [0.3, 0.4) is 0 Å². The number of Topliss-reactive ketones (excluding diaryl/α,β-unsaturated/α-hetero) is 1. The average molecular weight is 745 g/mol. The predicted octanol–water partition coefficient (Wildman–Crippen LogP) is 1.54. The quantitative estimate of drug-likeness (QED) is 0.0498. The van der Waals surface area contributed by atoms with Gasteiger partial charge in [0, 0.05) is 42.1 Å². The minimum absolute atomic E-state index is 0.0329. The normalized spacial score (nSPS) is 20.2. The number of carbonyl (C=O) groups excluding carboxylic acids is 3. The summed E-state index contributed by atoms with van der Waals surface area (Å²) in [6, 6.07) is 3.86. The van der Waals surface area contributed by atoms with Crippen LogP contribution in [-0.2, 0) is 24.0 Å². The van der Waals surface area contributed by atoms with Crippen LogP contribution < -0.4 is 11.1 Å². The van der Waals surface area contributed by atoms with E-state index in [1.807, 2.05) is 6.08 Å². The molecule has 2 atom stereocenters. The number of carboxylic acids is 2. The number of allylic oxidation sites excluding steroid dienone is 1. The molecule has 0 saturated carbocycles. The Labute approximate surface area is 300 Å².